The van der Waals surface area contributed by atoms with Crippen LogP contribution in [-0.2, 0) is 0 Å². The van der Waals surface area contributed by atoms with Gasteiger partial charge in [0.2, 0.25) is 0 Å². The Balaban J connectivity index is 2.43. The van der Waals surface area contributed by atoms with Crippen LogP contribution in [0.5, 0.6) is 0 Å². The van der Waals surface area contributed by atoms with E-state index in [4.69, 9.17) is 8.83 Å². The SMILES string of the molecule is Brc1ccc(-c2ccc(Br)o2)o1. The van der Waals surface area contributed by atoms with Crippen molar-refractivity contribution in [2.75, 3.05) is 0 Å². The largest absolute Gasteiger partial charge is 0.446 e. The van der Waals surface area contributed by atoms with E-state index in [0.717, 1.165) is 0 Å². The molecular weight excluding hydrogens is 288 g/mol. The molecule has 0 unspecified atom stereocenters. The van der Waals surface area contributed by atoms with Crippen LogP contribution in [0.25, 0.3) is 11.5 Å². The topological polar surface area (TPSA) is 26.3 Å². The van der Waals surface area contributed by atoms with Gasteiger partial charge in [0.05, 0.1) is 0 Å². The number of hydrogen-bond acceptors (Lipinski definition) is 2. The molecule has 0 aliphatic rings. The summed E-state index contributed by atoms with van der Waals surface area (Å²) >= 11 is 6.43. The minimum Gasteiger partial charge on any atom is -0.446 e. The van der Waals surface area contributed by atoms with Crippen molar-refractivity contribution in [1.29, 1.82) is 0 Å². The maximum absolute atomic E-state index is 5.28. The van der Waals surface area contributed by atoms with Crippen LogP contribution in [0.2, 0.25) is 0 Å². The van der Waals surface area contributed by atoms with Crippen LogP contribution in [-0.4, -0.2) is 0 Å². The minimum absolute atomic E-state index is 0.699. The summed E-state index contributed by atoms with van der Waals surface area (Å²) < 4.78 is 12.0. The third kappa shape index (κ3) is 1.49. The van der Waals surface area contributed by atoms with Gasteiger partial charge in [0, 0.05) is 0 Å². The summed E-state index contributed by atoms with van der Waals surface area (Å²) in [5, 5.41) is 0. The monoisotopic (exact) mass is 290 g/mol. The van der Waals surface area contributed by atoms with E-state index < -0.39 is 0 Å². The molecule has 62 valence electrons. The van der Waals surface area contributed by atoms with E-state index in [0.29, 0.717) is 20.9 Å². The van der Waals surface area contributed by atoms with E-state index in [-0.39, 0.29) is 0 Å². The Morgan fingerprint density at radius 3 is 1.42 bits per heavy atom. The van der Waals surface area contributed by atoms with Gasteiger partial charge in [0.15, 0.2) is 20.9 Å². The molecule has 0 saturated heterocycles. The van der Waals surface area contributed by atoms with Crippen molar-refractivity contribution in [2.45, 2.75) is 0 Å². The number of rotatable bonds is 1. The summed E-state index contributed by atoms with van der Waals surface area (Å²) in [4.78, 5) is 0. The van der Waals surface area contributed by atoms with E-state index in [1.807, 2.05) is 24.3 Å². The Bertz CT molecular complexity index is 351. The van der Waals surface area contributed by atoms with E-state index in [1.165, 1.54) is 0 Å². The van der Waals surface area contributed by atoms with Crippen molar-refractivity contribution in [2.24, 2.45) is 0 Å². The predicted octanol–water partition coefficient (Wildman–Crippen LogP) is 4.06. The minimum atomic E-state index is 0.699. The average Bonchev–Trinajstić information content (AvgIpc) is 2.58. The number of furan rings is 2. The van der Waals surface area contributed by atoms with E-state index >= 15 is 0 Å². The molecule has 0 aliphatic carbocycles. The van der Waals surface area contributed by atoms with Crippen molar-refractivity contribution >= 4 is 31.9 Å². The fourth-order valence-electron chi connectivity index (χ4n) is 0.893. The molecule has 12 heavy (non-hydrogen) atoms. The first-order valence-electron chi connectivity index (χ1n) is 3.27. The highest BCUT2D eigenvalue weighted by atomic mass is 79.9. The second-order valence-electron chi connectivity index (χ2n) is 2.21. The molecule has 0 aliphatic heterocycles. The smallest absolute Gasteiger partial charge is 0.170 e. The summed E-state index contributed by atoms with van der Waals surface area (Å²) in [6, 6.07) is 7.34. The zero-order valence-electron chi connectivity index (χ0n) is 5.88. The molecule has 0 atom stereocenters. The molecule has 2 heterocycles. The van der Waals surface area contributed by atoms with Crippen LogP contribution in [0.3, 0.4) is 0 Å². The van der Waals surface area contributed by atoms with Gasteiger partial charge in [-0.1, -0.05) is 0 Å². The fraction of sp³-hybridized carbons (Fsp3) is 0. The molecule has 0 N–H and O–H groups in total. The van der Waals surface area contributed by atoms with Crippen LogP contribution in [0.15, 0.2) is 42.4 Å². The van der Waals surface area contributed by atoms with E-state index in [2.05, 4.69) is 31.9 Å². The highest BCUT2D eigenvalue weighted by molar-refractivity contribution is 9.10. The lowest BCUT2D eigenvalue weighted by molar-refractivity contribution is 0.500. The van der Waals surface area contributed by atoms with Gasteiger partial charge in [0.1, 0.15) is 0 Å². The number of hydrogen-bond donors (Lipinski definition) is 0. The van der Waals surface area contributed by atoms with Crippen LogP contribution >= 0.6 is 31.9 Å². The van der Waals surface area contributed by atoms with Gasteiger partial charge in [-0.05, 0) is 56.1 Å². The van der Waals surface area contributed by atoms with Crippen molar-refractivity contribution in [3.8, 4) is 11.5 Å². The van der Waals surface area contributed by atoms with Crippen molar-refractivity contribution < 1.29 is 8.83 Å². The van der Waals surface area contributed by atoms with Crippen LogP contribution < -0.4 is 0 Å². The van der Waals surface area contributed by atoms with Gasteiger partial charge in [-0.2, -0.15) is 0 Å². The summed E-state index contributed by atoms with van der Waals surface area (Å²) in [6.45, 7) is 0. The highest BCUT2D eigenvalue weighted by Crippen LogP contribution is 2.28. The Morgan fingerprint density at radius 2 is 1.17 bits per heavy atom. The van der Waals surface area contributed by atoms with Gasteiger partial charge in [0.25, 0.3) is 0 Å². The van der Waals surface area contributed by atoms with E-state index in [1.54, 1.807) is 0 Å². The van der Waals surface area contributed by atoms with Gasteiger partial charge < -0.3 is 8.83 Å². The van der Waals surface area contributed by atoms with Crippen LogP contribution in [0, 0.1) is 0 Å². The fourth-order valence-corrected chi connectivity index (χ4v) is 1.51. The van der Waals surface area contributed by atoms with E-state index in [9.17, 15) is 0 Å². The molecule has 2 nitrogen and oxygen atoms in total. The zero-order valence-corrected chi connectivity index (χ0v) is 9.05. The average molecular weight is 292 g/mol. The summed E-state index contributed by atoms with van der Waals surface area (Å²) in [6.07, 6.45) is 0. The molecule has 2 aromatic rings. The molecular formula is C8H4Br2O2. The second-order valence-corrected chi connectivity index (χ2v) is 3.77. The van der Waals surface area contributed by atoms with Gasteiger partial charge in [-0.3, -0.25) is 0 Å². The quantitative estimate of drug-likeness (QED) is 0.792. The molecule has 2 rings (SSSR count). The second kappa shape index (κ2) is 3.11. The third-order valence-corrected chi connectivity index (χ3v) is 2.24. The first-order chi connectivity index (χ1) is 5.75. The maximum atomic E-state index is 5.28. The molecule has 0 aromatic carbocycles. The lowest BCUT2D eigenvalue weighted by Gasteiger charge is -1.87. The lowest BCUT2D eigenvalue weighted by atomic mass is 10.3. The summed E-state index contributed by atoms with van der Waals surface area (Å²) in [5.74, 6) is 1.43. The van der Waals surface area contributed by atoms with Crippen LogP contribution in [0.4, 0.5) is 0 Å². The lowest BCUT2D eigenvalue weighted by Crippen LogP contribution is -1.62. The molecule has 0 spiro atoms. The molecule has 0 amide bonds. The highest BCUT2D eigenvalue weighted by Gasteiger charge is 2.06. The predicted molar refractivity (Wildman–Crippen MR) is 51.8 cm³/mol. The first-order valence-corrected chi connectivity index (χ1v) is 4.85. The molecule has 0 radical (unpaired) electrons. The molecule has 0 fully saturated rings. The summed E-state index contributed by atoms with van der Waals surface area (Å²) in [7, 11) is 0. The summed E-state index contributed by atoms with van der Waals surface area (Å²) in [5.41, 5.74) is 0. The third-order valence-electron chi connectivity index (χ3n) is 1.39. The Kier molecular flexibility index (Phi) is 2.11. The van der Waals surface area contributed by atoms with Crippen molar-refractivity contribution in [1.82, 2.24) is 0 Å². The van der Waals surface area contributed by atoms with Gasteiger partial charge in [-0.15, -0.1) is 0 Å². The van der Waals surface area contributed by atoms with Crippen molar-refractivity contribution in [3.05, 3.63) is 33.6 Å². The normalized spacial score (nSPS) is 10.5. The van der Waals surface area contributed by atoms with Gasteiger partial charge in [-0.25, -0.2) is 0 Å². The van der Waals surface area contributed by atoms with Crippen LogP contribution in [0.1, 0.15) is 0 Å². The standard InChI is InChI=1S/C8H4Br2O2/c9-7-3-1-5(11-7)6-2-4-8(10)12-6/h1-4H. The Morgan fingerprint density at radius 1 is 0.750 bits per heavy atom. The Hall–Kier alpha value is -0.480. The van der Waals surface area contributed by atoms with Gasteiger partial charge >= 0.3 is 0 Å². The molecule has 0 saturated carbocycles. The molecule has 4 heteroatoms. The first kappa shape index (κ1) is 8.13. The maximum Gasteiger partial charge on any atom is 0.170 e. The number of halogens is 2. The molecule has 2 aromatic heterocycles. The molecule has 0 bridgehead atoms. The zero-order chi connectivity index (χ0) is 8.55. The Labute approximate surface area is 85.8 Å². The van der Waals surface area contributed by atoms with Crippen molar-refractivity contribution in [3.63, 3.8) is 0 Å².